The molecule has 0 bridgehead atoms. The molecule has 172 valence electrons. The second kappa shape index (κ2) is 8.43. The standard InChI is InChI=1S/C27H24N2O5/c1-33-20-15-13-19(14-16-20)29-24(30)21-22(25(29)31)27(17-9-5-3-6-10-17,18-11-7-4-8-12-18)28-23(21)26(32)34-2/h3-16,21-23,28H,1-2H3/t21-,22+,23-/m0/s1. The average molecular weight is 456 g/mol. The van der Waals surface area contributed by atoms with E-state index in [9.17, 15) is 14.4 Å². The van der Waals surface area contributed by atoms with E-state index in [1.54, 1.807) is 31.4 Å². The van der Waals surface area contributed by atoms with Crippen molar-refractivity contribution in [2.45, 2.75) is 11.6 Å². The highest BCUT2D eigenvalue weighted by atomic mass is 16.5. The van der Waals surface area contributed by atoms with Gasteiger partial charge in [0.1, 0.15) is 11.8 Å². The largest absolute Gasteiger partial charge is 0.497 e. The van der Waals surface area contributed by atoms with Gasteiger partial charge < -0.3 is 9.47 Å². The van der Waals surface area contributed by atoms with Crippen molar-refractivity contribution in [3.05, 3.63) is 96.1 Å². The molecule has 0 radical (unpaired) electrons. The van der Waals surface area contributed by atoms with Gasteiger partial charge in [0.15, 0.2) is 0 Å². The van der Waals surface area contributed by atoms with Crippen LogP contribution in [0.25, 0.3) is 0 Å². The number of ether oxygens (including phenoxy) is 2. The van der Waals surface area contributed by atoms with Crippen LogP contribution in [0.1, 0.15) is 11.1 Å². The van der Waals surface area contributed by atoms with E-state index in [1.807, 2.05) is 60.7 Å². The van der Waals surface area contributed by atoms with Gasteiger partial charge in [-0.05, 0) is 35.4 Å². The summed E-state index contributed by atoms with van der Waals surface area (Å²) in [6.07, 6.45) is 0. The summed E-state index contributed by atoms with van der Waals surface area (Å²) in [6.45, 7) is 0. The molecule has 2 aliphatic rings. The number of methoxy groups -OCH3 is 2. The molecule has 3 atom stereocenters. The monoisotopic (exact) mass is 456 g/mol. The number of hydrogen-bond donors (Lipinski definition) is 1. The van der Waals surface area contributed by atoms with E-state index in [0.717, 1.165) is 11.1 Å². The summed E-state index contributed by atoms with van der Waals surface area (Å²) in [6, 6.07) is 24.7. The molecule has 0 saturated carbocycles. The Kier molecular flexibility index (Phi) is 5.42. The number of carbonyl (C=O) groups excluding carboxylic acids is 3. The topological polar surface area (TPSA) is 84.9 Å². The summed E-state index contributed by atoms with van der Waals surface area (Å²) in [7, 11) is 2.83. The maximum atomic E-state index is 14.1. The highest BCUT2D eigenvalue weighted by Crippen LogP contribution is 2.52. The number of carbonyl (C=O) groups is 3. The van der Waals surface area contributed by atoms with Crippen LogP contribution in [-0.2, 0) is 24.7 Å². The first-order valence-corrected chi connectivity index (χ1v) is 11.0. The summed E-state index contributed by atoms with van der Waals surface area (Å²) in [5.74, 6) is -2.55. The van der Waals surface area contributed by atoms with Crippen molar-refractivity contribution in [3.63, 3.8) is 0 Å². The van der Waals surface area contributed by atoms with Gasteiger partial charge in [0, 0.05) is 0 Å². The van der Waals surface area contributed by atoms with Crippen LogP contribution in [0, 0.1) is 11.8 Å². The number of nitrogens with zero attached hydrogens (tertiary/aromatic N) is 1. The molecule has 1 N–H and O–H groups in total. The van der Waals surface area contributed by atoms with Crippen molar-refractivity contribution in [3.8, 4) is 5.75 Å². The molecule has 3 aromatic rings. The van der Waals surface area contributed by atoms with E-state index in [2.05, 4.69) is 5.32 Å². The Morgan fingerprint density at radius 3 is 1.88 bits per heavy atom. The molecule has 0 aliphatic carbocycles. The molecular weight excluding hydrogens is 432 g/mol. The minimum Gasteiger partial charge on any atom is -0.497 e. The fourth-order valence-corrected chi connectivity index (χ4v) is 5.32. The SMILES string of the molecule is COC(=O)[C@H]1NC(c2ccccc2)(c2ccccc2)[C@H]2C(=O)N(c3ccc(OC)cc3)C(=O)[C@H]12. The number of imide groups is 1. The molecule has 5 rings (SSSR count). The number of amides is 2. The minimum atomic E-state index is -1.10. The van der Waals surface area contributed by atoms with E-state index in [-0.39, 0.29) is 5.91 Å². The fraction of sp³-hybridized carbons (Fsp3) is 0.222. The fourth-order valence-electron chi connectivity index (χ4n) is 5.32. The molecule has 0 spiro atoms. The van der Waals surface area contributed by atoms with Crippen molar-refractivity contribution in [1.29, 1.82) is 0 Å². The van der Waals surface area contributed by atoms with Crippen molar-refractivity contribution in [2.24, 2.45) is 11.8 Å². The molecular formula is C27H24N2O5. The maximum Gasteiger partial charge on any atom is 0.323 e. The maximum absolute atomic E-state index is 14.1. The lowest BCUT2D eigenvalue weighted by Gasteiger charge is -2.36. The zero-order valence-corrected chi connectivity index (χ0v) is 18.8. The molecule has 2 fully saturated rings. The zero-order valence-electron chi connectivity index (χ0n) is 18.8. The molecule has 7 heteroatoms. The molecule has 0 aromatic heterocycles. The smallest absolute Gasteiger partial charge is 0.323 e. The van der Waals surface area contributed by atoms with Gasteiger partial charge >= 0.3 is 5.97 Å². The van der Waals surface area contributed by atoms with Crippen LogP contribution in [0.2, 0.25) is 0 Å². The lowest BCUT2D eigenvalue weighted by atomic mass is 9.72. The molecule has 2 amide bonds. The van der Waals surface area contributed by atoms with Gasteiger partial charge in [0.05, 0.1) is 37.3 Å². The van der Waals surface area contributed by atoms with Gasteiger partial charge in [0.25, 0.3) is 0 Å². The molecule has 0 unspecified atom stereocenters. The third-order valence-corrected chi connectivity index (χ3v) is 6.80. The van der Waals surface area contributed by atoms with Crippen LogP contribution >= 0.6 is 0 Å². The van der Waals surface area contributed by atoms with Gasteiger partial charge in [-0.2, -0.15) is 0 Å². The van der Waals surface area contributed by atoms with Crippen molar-refractivity contribution in [2.75, 3.05) is 19.1 Å². The molecule has 2 heterocycles. The number of fused-ring (bicyclic) bond motifs is 1. The van der Waals surface area contributed by atoms with Gasteiger partial charge in [-0.25, -0.2) is 4.90 Å². The Balaban J connectivity index is 1.72. The average Bonchev–Trinajstić information content (AvgIpc) is 3.39. The van der Waals surface area contributed by atoms with Crippen LogP contribution < -0.4 is 15.0 Å². The number of benzene rings is 3. The van der Waals surface area contributed by atoms with E-state index < -0.39 is 35.3 Å². The number of rotatable bonds is 5. The first-order chi connectivity index (χ1) is 16.5. The Morgan fingerprint density at radius 1 is 0.824 bits per heavy atom. The van der Waals surface area contributed by atoms with Gasteiger partial charge in [-0.15, -0.1) is 0 Å². The van der Waals surface area contributed by atoms with Crippen LogP contribution in [0.5, 0.6) is 5.75 Å². The van der Waals surface area contributed by atoms with Crippen LogP contribution in [0.15, 0.2) is 84.9 Å². The van der Waals surface area contributed by atoms with Crippen molar-refractivity contribution >= 4 is 23.5 Å². The van der Waals surface area contributed by atoms with E-state index in [1.165, 1.54) is 12.0 Å². The summed E-state index contributed by atoms with van der Waals surface area (Å²) < 4.78 is 10.3. The molecule has 3 aromatic carbocycles. The third-order valence-electron chi connectivity index (χ3n) is 6.80. The third kappa shape index (κ3) is 3.12. The Labute approximate surface area is 197 Å². The van der Waals surface area contributed by atoms with Crippen molar-refractivity contribution < 1.29 is 23.9 Å². The molecule has 34 heavy (non-hydrogen) atoms. The summed E-state index contributed by atoms with van der Waals surface area (Å²) >= 11 is 0. The summed E-state index contributed by atoms with van der Waals surface area (Å²) in [5, 5.41) is 3.38. The van der Waals surface area contributed by atoms with Crippen LogP contribution in [-0.4, -0.2) is 38.0 Å². The molecule has 2 saturated heterocycles. The van der Waals surface area contributed by atoms with Gasteiger partial charge in [0.2, 0.25) is 11.8 Å². The second-order valence-electron chi connectivity index (χ2n) is 8.40. The highest BCUT2D eigenvalue weighted by Gasteiger charge is 2.68. The Morgan fingerprint density at radius 2 is 1.38 bits per heavy atom. The quantitative estimate of drug-likeness (QED) is 0.470. The van der Waals surface area contributed by atoms with Gasteiger partial charge in [-0.3, -0.25) is 19.7 Å². The number of anilines is 1. The van der Waals surface area contributed by atoms with Crippen molar-refractivity contribution in [1.82, 2.24) is 5.32 Å². The highest BCUT2D eigenvalue weighted by molar-refractivity contribution is 6.24. The molecule has 7 nitrogen and oxygen atoms in total. The lowest BCUT2D eigenvalue weighted by molar-refractivity contribution is -0.145. The summed E-state index contributed by atoms with van der Waals surface area (Å²) in [4.78, 5) is 41.9. The molecule has 2 aliphatic heterocycles. The van der Waals surface area contributed by atoms with Crippen LogP contribution in [0.3, 0.4) is 0 Å². The minimum absolute atomic E-state index is 0.369. The number of nitrogens with one attached hydrogen (secondary N) is 1. The zero-order chi connectivity index (χ0) is 23.9. The second-order valence-corrected chi connectivity index (χ2v) is 8.40. The Bertz CT molecular complexity index is 1190. The van der Waals surface area contributed by atoms with Crippen LogP contribution in [0.4, 0.5) is 5.69 Å². The number of hydrogen-bond acceptors (Lipinski definition) is 6. The van der Waals surface area contributed by atoms with E-state index in [4.69, 9.17) is 9.47 Å². The summed E-state index contributed by atoms with van der Waals surface area (Å²) in [5.41, 5.74) is 0.921. The van der Waals surface area contributed by atoms with Gasteiger partial charge in [-0.1, -0.05) is 60.7 Å². The van der Waals surface area contributed by atoms with E-state index in [0.29, 0.717) is 11.4 Å². The lowest BCUT2D eigenvalue weighted by Crippen LogP contribution is -2.51. The Hall–Kier alpha value is -3.97. The predicted molar refractivity (Wildman–Crippen MR) is 125 cm³/mol. The number of esters is 1. The first kappa shape index (κ1) is 21.9. The predicted octanol–water partition coefficient (Wildman–Crippen LogP) is 2.89. The normalized spacial score (nSPS) is 23.0. The van der Waals surface area contributed by atoms with E-state index >= 15 is 0 Å². The first-order valence-electron chi connectivity index (χ1n) is 11.0.